The second-order valence-corrected chi connectivity index (χ2v) is 8.48. The molecule has 2 aromatic rings. The van der Waals surface area contributed by atoms with E-state index in [-0.39, 0.29) is 23.7 Å². The topological polar surface area (TPSA) is 58.6 Å². The molecule has 1 aliphatic rings. The summed E-state index contributed by atoms with van der Waals surface area (Å²) in [6.07, 6.45) is 5.26. The van der Waals surface area contributed by atoms with Crippen molar-refractivity contribution in [2.24, 2.45) is 0 Å². The molecule has 1 unspecified atom stereocenters. The molecular formula is C24H28Cl2N2O3. The molecule has 1 fully saturated rings. The number of carbonyl (C=O) groups is 2. The van der Waals surface area contributed by atoms with Gasteiger partial charge in [0.15, 0.2) is 0 Å². The van der Waals surface area contributed by atoms with Crippen LogP contribution in [0.1, 0.15) is 49.3 Å². The average molecular weight is 463 g/mol. The van der Waals surface area contributed by atoms with Crippen LogP contribution >= 0.6 is 23.2 Å². The monoisotopic (exact) mass is 462 g/mol. The van der Waals surface area contributed by atoms with Crippen molar-refractivity contribution in [3.63, 3.8) is 0 Å². The van der Waals surface area contributed by atoms with Crippen molar-refractivity contribution in [1.82, 2.24) is 5.32 Å². The van der Waals surface area contributed by atoms with Gasteiger partial charge in [0, 0.05) is 16.8 Å². The van der Waals surface area contributed by atoms with E-state index in [1.54, 1.807) is 49.6 Å². The van der Waals surface area contributed by atoms with Gasteiger partial charge in [-0.1, -0.05) is 49.1 Å². The number of nitrogens with one attached hydrogen (secondary N) is 1. The molecule has 0 heterocycles. The van der Waals surface area contributed by atoms with Gasteiger partial charge < -0.3 is 10.1 Å². The van der Waals surface area contributed by atoms with Gasteiger partial charge in [0.25, 0.3) is 0 Å². The molecule has 0 bridgehead atoms. The highest BCUT2D eigenvalue weighted by atomic mass is 35.5. The first-order chi connectivity index (χ1) is 15.0. The summed E-state index contributed by atoms with van der Waals surface area (Å²) in [5, 5.41) is 3.69. The summed E-state index contributed by atoms with van der Waals surface area (Å²) < 4.78 is 5.26. The van der Waals surface area contributed by atoms with Crippen molar-refractivity contribution in [1.29, 1.82) is 0 Å². The number of anilines is 1. The van der Waals surface area contributed by atoms with Crippen LogP contribution in [0.4, 0.5) is 5.69 Å². The Hall–Kier alpha value is -2.24. The summed E-state index contributed by atoms with van der Waals surface area (Å²) in [4.78, 5) is 28.1. The lowest BCUT2D eigenvalue weighted by molar-refractivity contribution is -0.126. The van der Waals surface area contributed by atoms with Crippen molar-refractivity contribution >= 4 is 40.7 Å². The van der Waals surface area contributed by atoms with Gasteiger partial charge in [-0.3, -0.25) is 14.5 Å². The number of amides is 2. The Morgan fingerprint density at radius 1 is 1.13 bits per heavy atom. The third-order valence-electron chi connectivity index (χ3n) is 5.77. The fourth-order valence-corrected chi connectivity index (χ4v) is 4.37. The summed E-state index contributed by atoms with van der Waals surface area (Å²) in [5.41, 5.74) is 1.95. The van der Waals surface area contributed by atoms with Crippen molar-refractivity contribution in [3.8, 4) is 5.75 Å². The van der Waals surface area contributed by atoms with Gasteiger partial charge in [0.2, 0.25) is 11.8 Å². The average Bonchev–Trinajstić information content (AvgIpc) is 2.80. The van der Waals surface area contributed by atoms with Crippen LogP contribution in [0.25, 0.3) is 0 Å². The Morgan fingerprint density at radius 2 is 1.81 bits per heavy atom. The van der Waals surface area contributed by atoms with E-state index in [1.165, 1.54) is 11.3 Å². The first kappa shape index (κ1) is 23.4. The molecular weight excluding hydrogens is 435 g/mol. The van der Waals surface area contributed by atoms with Crippen LogP contribution in [0.5, 0.6) is 5.75 Å². The summed E-state index contributed by atoms with van der Waals surface area (Å²) in [6.45, 7) is 1.83. The number of hydrogen-bond donors (Lipinski definition) is 1. The van der Waals surface area contributed by atoms with E-state index in [1.807, 2.05) is 6.92 Å². The molecule has 0 spiro atoms. The number of methoxy groups -OCH3 is 1. The van der Waals surface area contributed by atoms with Crippen molar-refractivity contribution in [2.75, 3.05) is 17.9 Å². The van der Waals surface area contributed by atoms with E-state index in [0.717, 1.165) is 25.7 Å². The highest BCUT2D eigenvalue weighted by Crippen LogP contribution is 2.34. The van der Waals surface area contributed by atoms with E-state index < -0.39 is 6.04 Å². The maximum atomic E-state index is 13.6. The van der Waals surface area contributed by atoms with E-state index in [9.17, 15) is 9.59 Å². The van der Waals surface area contributed by atoms with Crippen LogP contribution in [-0.4, -0.2) is 30.8 Å². The van der Waals surface area contributed by atoms with Crippen LogP contribution in [0.15, 0.2) is 42.5 Å². The summed E-state index contributed by atoms with van der Waals surface area (Å²) in [5.74, 6) is -0.180. The predicted molar refractivity (Wildman–Crippen MR) is 125 cm³/mol. The molecule has 166 valence electrons. The Balaban J connectivity index is 2.06. The molecule has 31 heavy (non-hydrogen) atoms. The molecule has 0 saturated heterocycles. The zero-order chi connectivity index (χ0) is 22.4. The Labute approximate surface area is 193 Å². The van der Waals surface area contributed by atoms with Gasteiger partial charge >= 0.3 is 0 Å². The van der Waals surface area contributed by atoms with E-state index in [2.05, 4.69) is 5.32 Å². The molecule has 3 rings (SSSR count). The third kappa shape index (κ3) is 5.52. The van der Waals surface area contributed by atoms with Gasteiger partial charge in [-0.25, -0.2) is 0 Å². The Bertz CT molecular complexity index is 912. The van der Waals surface area contributed by atoms with Crippen molar-refractivity contribution < 1.29 is 14.3 Å². The van der Waals surface area contributed by atoms with E-state index in [4.69, 9.17) is 27.9 Å². The van der Waals surface area contributed by atoms with Crippen LogP contribution in [-0.2, 0) is 9.59 Å². The smallest absolute Gasteiger partial charge is 0.248 e. The summed E-state index contributed by atoms with van der Waals surface area (Å²) in [7, 11) is 1.58. The predicted octanol–water partition coefficient (Wildman–Crippen LogP) is 5.42. The van der Waals surface area contributed by atoms with Crippen LogP contribution in [0.3, 0.4) is 0 Å². The molecule has 2 amide bonds. The standard InChI is InChI=1S/C24H28Cl2N2O3/c1-16-20(26)9-6-10-21(16)28(22(29)15-25)23(17-11-13-19(31-2)14-12-17)24(30)27-18-7-4-3-5-8-18/h6,9-14,18,23H,3-5,7-8,15H2,1-2H3,(H,27,30). The number of hydrogen-bond acceptors (Lipinski definition) is 3. The number of alkyl halides is 1. The maximum absolute atomic E-state index is 13.6. The molecule has 1 aliphatic carbocycles. The minimum atomic E-state index is -0.878. The maximum Gasteiger partial charge on any atom is 0.248 e. The van der Waals surface area contributed by atoms with Gasteiger partial charge in [-0.05, 0) is 55.2 Å². The number of benzene rings is 2. The second-order valence-electron chi connectivity index (χ2n) is 7.80. The lowest BCUT2D eigenvalue weighted by Crippen LogP contribution is -2.48. The number of carbonyl (C=O) groups excluding carboxylic acids is 2. The van der Waals surface area contributed by atoms with Gasteiger partial charge in [0.05, 0.1) is 7.11 Å². The fourth-order valence-electron chi connectivity index (χ4n) is 4.07. The number of halogens is 2. The Morgan fingerprint density at radius 3 is 2.42 bits per heavy atom. The third-order valence-corrected chi connectivity index (χ3v) is 6.41. The van der Waals surface area contributed by atoms with Gasteiger partial charge in [-0.2, -0.15) is 0 Å². The normalized spacial score (nSPS) is 15.2. The molecule has 1 saturated carbocycles. The molecule has 5 nitrogen and oxygen atoms in total. The molecule has 1 atom stereocenters. The second kappa shape index (κ2) is 10.9. The molecule has 0 radical (unpaired) electrons. The number of rotatable bonds is 7. The van der Waals surface area contributed by atoms with E-state index in [0.29, 0.717) is 27.6 Å². The minimum Gasteiger partial charge on any atom is -0.497 e. The largest absolute Gasteiger partial charge is 0.497 e. The minimum absolute atomic E-state index is 0.107. The van der Waals surface area contributed by atoms with Crippen LogP contribution in [0.2, 0.25) is 5.02 Å². The molecule has 7 heteroatoms. The molecule has 1 N–H and O–H groups in total. The highest BCUT2D eigenvalue weighted by Gasteiger charge is 2.34. The quantitative estimate of drug-likeness (QED) is 0.558. The molecule has 0 aliphatic heterocycles. The first-order valence-electron chi connectivity index (χ1n) is 10.5. The molecule has 2 aromatic carbocycles. The number of nitrogens with zero attached hydrogens (tertiary/aromatic N) is 1. The fraction of sp³-hybridized carbons (Fsp3) is 0.417. The lowest BCUT2D eigenvalue weighted by atomic mass is 9.94. The number of ether oxygens (including phenoxy) is 1. The van der Waals surface area contributed by atoms with Gasteiger partial charge in [-0.15, -0.1) is 11.6 Å². The first-order valence-corrected chi connectivity index (χ1v) is 11.4. The highest BCUT2D eigenvalue weighted by molar-refractivity contribution is 6.32. The lowest BCUT2D eigenvalue weighted by Gasteiger charge is -2.34. The molecule has 0 aromatic heterocycles. The van der Waals surface area contributed by atoms with E-state index >= 15 is 0 Å². The Kier molecular flexibility index (Phi) is 8.22. The summed E-state index contributed by atoms with van der Waals surface area (Å²) in [6, 6.07) is 11.7. The zero-order valence-corrected chi connectivity index (χ0v) is 19.4. The zero-order valence-electron chi connectivity index (χ0n) is 17.9. The van der Waals surface area contributed by atoms with Crippen LogP contribution < -0.4 is 15.0 Å². The van der Waals surface area contributed by atoms with Crippen molar-refractivity contribution in [2.45, 2.75) is 51.1 Å². The summed E-state index contributed by atoms with van der Waals surface area (Å²) >= 11 is 12.3. The SMILES string of the molecule is COc1ccc(C(C(=O)NC2CCCCC2)N(C(=O)CCl)c2cccc(Cl)c2C)cc1. The van der Waals surface area contributed by atoms with Crippen molar-refractivity contribution in [3.05, 3.63) is 58.6 Å². The van der Waals surface area contributed by atoms with Gasteiger partial charge in [0.1, 0.15) is 17.7 Å². The van der Waals surface area contributed by atoms with Crippen LogP contribution in [0, 0.1) is 6.92 Å².